The molecule has 2 atom stereocenters. The van der Waals surface area contributed by atoms with Gasteiger partial charge < -0.3 is 21.1 Å². The summed E-state index contributed by atoms with van der Waals surface area (Å²) in [5, 5.41) is 13.5. The van der Waals surface area contributed by atoms with Crippen LogP contribution in [0.3, 0.4) is 0 Å². The third kappa shape index (κ3) is 3.56. The normalized spacial score (nSPS) is 18.0. The number of likely N-dealkylation sites (tertiary alicyclic amines) is 1. The van der Waals surface area contributed by atoms with Gasteiger partial charge in [-0.25, -0.2) is 9.97 Å². The minimum Gasteiger partial charge on any atom is -0.391 e. The summed E-state index contributed by atoms with van der Waals surface area (Å²) >= 11 is 1.29. The van der Waals surface area contributed by atoms with E-state index in [1.165, 1.54) is 11.3 Å². The summed E-state index contributed by atoms with van der Waals surface area (Å²) in [5.41, 5.74) is 7.72. The maximum Gasteiger partial charge on any atom is 0.274 e. The van der Waals surface area contributed by atoms with E-state index in [-0.39, 0.29) is 11.9 Å². The molecule has 1 amide bonds. The Balaban J connectivity index is 1.69. The van der Waals surface area contributed by atoms with Crippen molar-refractivity contribution < 1.29 is 9.90 Å². The number of nitrogens with two attached hydrogens (primary N) is 1. The lowest BCUT2D eigenvalue weighted by Crippen LogP contribution is -2.30. The van der Waals surface area contributed by atoms with Crippen LogP contribution in [0.4, 0.5) is 10.9 Å². The average molecular weight is 384 g/mol. The number of carbonyl (C=O) groups is 1. The molecular weight excluding hydrogens is 364 g/mol. The fourth-order valence-electron chi connectivity index (χ4n) is 3.13. The molecule has 3 aromatic rings. The van der Waals surface area contributed by atoms with Crippen LogP contribution in [0.25, 0.3) is 10.2 Å². The molecule has 0 radical (unpaired) electrons. The molecule has 0 bridgehead atoms. The fourth-order valence-corrected chi connectivity index (χ4v) is 3.98. The Morgan fingerprint density at radius 2 is 2.30 bits per heavy atom. The van der Waals surface area contributed by atoms with Crippen molar-refractivity contribution in [3.63, 3.8) is 0 Å². The van der Waals surface area contributed by atoms with Gasteiger partial charge in [-0.1, -0.05) is 6.07 Å². The Morgan fingerprint density at radius 1 is 1.44 bits per heavy atom. The first-order valence-corrected chi connectivity index (χ1v) is 9.55. The zero-order valence-electron chi connectivity index (χ0n) is 14.8. The Kier molecular flexibility index (Phi) is 4.63. The number of hydrogen-bond acceptors (Lipinski definition) is 8. The second-order valence-electron chi connectivity index (χ2n) is 6.57. The third-order valence-electron chi connectivity index (χ3n) is 4.52. The number of thiophene rings is 1. The van der Waals surface area contributed by atoms with Gasteiger partial charge in [-0.3, -0.25) is 9.78 Å². The quantitative estimate of drug-likeness (QED) is 0.630. The van der Waals surface area contributed by atoms with Gasteiger partial charge in [0.1, 0.15) is 0 Å². The lowest BCUT2D eigenvalue weighted by molar-refractivity contribution is 0.0761. The van der Waals surface area contributed by atoms with Crippen LogP contribution in [0.2, 0.25) is 0 Å². The molecule has 4 rings (SSSR count). The first-order chi connectivity index (χ1) is 13.0. The van der Waals surface area contributed by atoms with E-state index in [4.69, 9.17) is 5.73 Å². The van der Waals surface area contributed by atoms with Crippen molar-refractivity contribution in [2.24, 2.45) is 0 Å². The van der Waals surface area contributed by atoms with Gasteiger partial charge in [0.05, 0.1) is 33.1 Å². The van der Waals surface area contributed by atoms with Crippen molar-refractivity contribution in [2.75, 3.05) is 24.1 Å². The summed E-state index contributed by atoms with van der Waals surface area (Å²) in [6, 6.07) is 7.30. The molecule has 4 N–H and O–H groups in total. The number of aromatic nitrogens is 3. The number of nitrogen functional groups attached to an aromatic ring is 1. The number of carbonyl (C=O) groups excluding carboxylic acids is 1. The molecule has 0 saturated carbocycles. The molecule has 8 nitrogen and oxygen atoms in total. The van der Waals surface area contributed by atoms with Gasteiger partial charge in [0.2, 0.25) is 5.95 Å². The number of β-amino-alcohol motifs (C(OH)–C–C–N with tert-alkyl or cyclic N) is 1. The average Bonchev–Trinajstić information content (AvgIpc) is 3.26. The standard InChI is InChI=1S/C18H20N6O2S/c1-10(12-4-2-3-6-20-12)21-18-22-13-8-14(19)27-16(13)15(23-18)17(26)24-7-5-11(25)9-24/h2-4,6,8,10-11,25H,5,7,9,19H2,1H3,(H,21,22,23)/t10-,11+/m0/s1. The smallest absolute Gasteiger partial charge is 0.274 e. The second kappa shape index (κ2) is 7.09. The van der Waals surface area contributed by atoms with E-state index >= 15 is 0 Å². The van der Waals surface area contributed by atoms with E-state index in [0.717, 1.165) is 5.69 Å². The zero-order chi connectivity index (χ0) is 19.0. The Morgan fingerprint density at radius 3 is 3.00 bits per heavy atom. The van der Waals surface area contributed by atoms with Crippen molar-refractivity contribution in [2.45, 2.75) is 25.5 Å². The highest BCUT2D eigenvalue weighted by atomic mass is 32.1. The Hall–Kier alpha value is -2.78. The van der Waals surface area contributed by atoms with Gasteiger partial charge in [0.15, 0.2) is 5.69 Å². The lowest BCUT2D eigenvalue weighted by Gasteiger charge is -2.17. The van der Waals surface area contributed by atoms with E-state index in [9.17, 15) is 9.90 Å². The molecule has 9 heteroatoms. The summed E-state index contributed by atoms with van der Waals surface area (Å²) in [6.45, 7) is 2.79. The number of fused-ring (bicyclic) bond motifs is 1. The van der Waals surface area contributed by atoms with Crippen LogP contribution < -0.4 is 11.1 Å². The minimum absolute atomic E-state index is 0.129. The van der Waals surface area contributed by atoms with Crippen molar-refractivity contribution in [1.29, 1.82) is 0 Å². The first kappa shape index (κ1) is 17.6. The highest BCUT2D eigenvalue weighted by molar-refractivity contribution is 7.22. The van der Waals surface area contributed by atoms with E-state index in [1.54, 1.807) is 17.2 Å². The van der Waals surface area contributed by atoms with Gasteiger partial charge in [0, 0.05) is 19.3 Å². The Labute approximate surface area is 160 Å². The van der Waals surface area contributed by atoms with Crippen molar-refractivity contribution in [3.8, 4) is 0 Å². The van der Waals surface area contributed by atoms with Crippen LogP contribution in [0.15, 0.2) is 30.5 Å². The number of rotatable bonds is 4. The number of aliphatic hydroxyl groups excluding tert-OH is 1. The molecular formula is C18H20N6O2S. The van der Waals surface area contributed by atoms with Gasteiger partial charge in [-0.05, 0) is 31.5 Å². The number of nitrogens with zero attached hydrogens (tertiary/aromatic N) is 4. The number of anilines is 2. The molecule has 0 unspecified atom stereocenters. The van der Waals surface area contributed by atoms with Gasteiger partial charge in [-0.15, -0.1) is 11.3 Å². The molecule has 1 saturated heterocycles. The van der Waals surface area contributed by atoms with Crippen LogP contribution in [0.1, 0.15) is 35.6 Å². The predicted octanol–water partition coefficient (Wildman–Crippen LogP) is 2.05. The summed E-state index contributed by atoms with van der Waals surface area (Å²) in [4.78, 5) is 27.9. The molecule has 4 heterocycles. The summed E-state index contributed by atoms with van der Waals surface area (Å²) in [6.07, 6.45) is 1.82. The maximum atomic E-state index is 13.0. The highest BCUT2D eigenvalue weighted by Gasteiger charge is 2.29. The molecule has 0 spiro atoms. The predicted molar refractivity (Wildman–Crippen MR) is 105 cm³/mol. The summed E-state index contributed by atoms with van der Waals surface area (Å²) in [7, 11) is 0. The van der Waals surface area contributed by atoms with Crippen LogP contribution >= 0.6 is 11.3 Å². The van der Waals surface area contributed by atoms with Crippen LogP contribution in [0, 0.1) is 0 Å². The fraction of sp³-hybridized carbons (Fsp3) is 0.333. The molecule has 0 aliphatic carbocycles. The highest BCUT2D eigenvalue weighted by Crippen LogP contribution is 2.31. The van der Waals surface area contributed by atoms with Crippen LogP contribution in [0.5, 0.6) is 0 Å². The molecule has 1 fully saturated rings. The molecule has 1 aliphatic heterocycles. The largest absolute Gasteiger partial charge is 0.391 e. The third-order valence-corrected chi connectivity index (χ3v) is 5.48. The molecule has 1 aliphatic rings. The number of amides is 1. The van der Waals surface area contributed by atoms with Crippen LogP contribution in [-0.2, 0) is 0 Å². The first-order valence-electron chi connectivity index (χ1n) is 8.73. The van der Waals surface area contributed by atoms with Gasteiger partial charge in [0.25, 0.3) is 5.91 Å². The van der Waals surface area contributed by atoms with E-state index in [0.29, 0.717) is 46.4 Å². The summed E-state index contributed by atoms with van der Waals surface area (Å²) in [5.74, 6) is 0.135. The molecule has 140 valence electrons. The van der Waals surface area contributed by atoms with E-state index in [2.05, 4.69) is 20.3 Å². The van der Waals surface area contributed by atoms with Crippen molar-refractivity contribution in [3.05, 3.63) is 41.9 Å². The molecule has 3 aromatic heterocycles. The molecule has 0 aromatic carbocycles. The zero-order valence-corrected chi connectivity index (χ0v) is 15.6. The van der Waals surface area contributed by atoms with Gasteiger partial charge in [-0.2, -0.15) is 0 Å². The van der Waals surface area contributed by atoms with Gasteiger partial charge >= 0.3 is 0 Å². The van der Waals surface area contributed by atoms with Crippen molar-refractivity contribution in [1.82, 2.24) is 19.9 Å². The molecule has 27 heavy (non-hydrogen) atoms. The monoisotopic (exact) mass is 384 g/mol. The minimum atomic E-state index is -0.485. The lowest BCUT2D eigenvalue weighted by atomic mass is 10.2. The number of pyridine rings is 1. The number of aliphatic hydroxyl groups is 1. The van der Waals surface area contributed by atoms with Crippen LogP contribution in [-0.4, -0.2) is 50.1 Å². The topological polar surface area (TPSA) is 117 Å². The summed E-state index contributed by atoms with van der Waals surface area (Å²) < 4.78 is 0.662. The number of hydrogen-bond donors (Lipinski definition) is 3. The second-order valence-corrected chi connectivity index (χ2v) is 7.66. The SMILES string of the molecule is C[C@H](Nc1nc(C(=O)N2CC[C@@H](O)C2)c2sc(N)cc2n1)c1ccccn1. The van der Waals surface area contributed by atoms with E-state index in [1.807, 2.05) is 25.1 Å². The Bertz CT molecular complexity index is 977. The van der Waals surface area contributed by atoms with E-state index < -0.39 is 6.10 Å². The van der Waals surface area contributed by atoms with Crippen molar-refractivity contribution >= 4 is 38.4 Å². The maximum absolute atomic E-state index is 13.0. The number of nitrogens with one attached hydrogen (secondary N) is 1.